The van der Waals surface area contributed by atoms with Gasteiger partial charge in [0.2, 0.25) is 15.9 Å². The molecule has 0 bridgehead atoms. The first-order valence-corrected chi connectivity index (χ1v) is 13.5. The van der Waals surface area contributed by atoms with E-state index in [0.717, 1.165) is 21.8 Å². The number of thiazole rings is 1. The summed E-state index contributed by atoms with van der Waals surface area (Å²) in [5.74, 6) is -1.24. The van der Waals surface area contributed by atoms with Gasteiger partial charge in [-0.1, -0.05) is 41.7 Å². The second-order valence-corrected chi connectivity index (χ2v) is 11.3. The lowest BCUT2D eigenvalue weighted by Crippen LogP contribution is -2.44. The number of rotatable bonds is 6. The van der Waals surface area contributed by atoms with Crippen molar-refractivity contribution in [2.75, 3.05) is 18.0 Å². The number of hydrogen-bond donors (Lipinski definition) is 0. The number of carbonyl (C=O) groups is 1. The van der Waals surface area contributed by atoms with Crippen LogP contribution in [0.4, 0.5) is 9.52 Å². The molecule has 0 saturated carbocycles. The SMILES string of the molecule is O=C(C1CCN(S(=O)(=O)c2ccccc2F)CC1)N(Cc1cccnc1)c1nc2ccccc2s1. The van der Waals surface area contributed by atoms with E-state index in [1.807, 2.05) is 36.4 Å². The highest BCUT2D eigenvalue weighted by atomic mass is 32.2. The Balaban J connectivity index is 1.37. The maximum absolute atomic E-state index is 14.2. The molecule has 4 aromatic rings. The van der Waals surface area contributed by atoms with Crippen molar-refractivity contribution in [1.29, 1.82) is 0 Å². The van der Waals surface area contributed by atoms with E-state index in [0.29, 0.717) is 24.5 Å². The molecule has 0 N–H and O–H groups in total. The minimum Gasteiger partial charge on any atom is -0.283 e. The molecule has 1 amide bonds. The summed E-state index contributed by atoms with van der Waals surface area (Å²) in [6.07, 6.45) is 4.10. The molecule has 0 atom stereocenters. The quantitative estimate of drug-likeness (QED) is 0.382. The Kier molecular flexibility index (Phi) is 6.59. The smallest absolute Gasteiger partial charge is 0.245 e. The van der Waals surface area contributed by atoms with Gasteiger partial charge in [0.05, 0.1) is 16.8 Å². The molecular formula is C25H23FN4O3S2. The zero-order chi connectivity index (χ0) is 24.4. The fourth-order valence-electron chi connectivity index (χ4n) is 4.25. The van der Waals surface area contributed by atoms with Crippen molar-refractivity contribution in [3.63, 3.8) is 0 Å². The minimum absolute atomic E-state index is 0.101. The molecule has 1 aliphatic heterocycles. The number of benzene rings is 2. The molecule has 180 valence electrons. The Morgan fingerprint density at radius 2 is 1.80 bits per heavy atom. The van der Waals surface area contributed by atoms with Gasteiger partial charge < -0.3 is 0 Å². The summed E-state index contributed by atoms with van der Waals surface area (Å²) in [5, 5.41) is 0.599. The molecule has 1 aliphatic rings. The second-order valence-electron chi connectivity index (χ2n) is 8.36. The molecular weight excluding hydrogens is 487 g/mol. The first-order chi connectivity index (χ1) is 16.9. The zero-order valence-electron chi connectivity index (χ0n) is 18.7. The number of nitrogens with zero attached hydrogens (tertiary/aromatic N) is 4. The Morgan fingerprint density at radius 3 is 2.51 bits per heavy atom. The Morgan fingerprint density at radius 1 is 1.06 bits per heavy atom. The third-order valence-electron chi connectivity index (χ3n) is 6.10. The van der Waals surface area contributed by atoms with Crippen LogP contribution in [0.2, 0.25) is 0 Å². The third-order valence-corrected chi connectivity index (χ3v) is 9.09. The number of amides is 1. The third kappa shape index (κ3) is 4.82. The standard InChI is InChI=1S/C25H23FN4O3S2/c26-20-7-1-4-10-23(20)35(32,33)29-14-11-19(12-15-29)24(31)30(17-18-6-5-13-27-16-18)25-28-21-8-2-3-9-22(21)34-25/h1-10,13,16,19H,11-12,14-15,17H2. The van der Waals surface area contributed by atoms with Crippen LogP contribution in [-0.2, 0) is 21.4 Å². The molecule has 2 aromatic carbocycles. The maximum Gasteiger partial charge on any atom is 0.245 e. The Hall–Kier alpha value is -3.21. The monoisotopic (exact) mass is 510 g/mol. The summed E-state index contributed by atoms with van der Waals surface area (Å²) in [6.45, 7) is 0.613. The fraction of sp³-hybridized carbons (Fsp3) is 0.240. The number of aromatic nitrogens is 2. The molecule has 0 spiro atoms. The largest absolute Gasteiger partial charge is 0.283 e. The average Bonchev–Trinajstić information content (AvgIpc) is 3.32. The summed E-state index contributed by atoms with van der Waals surface area (Å²) in [4.78, 5) is 23.9. The molecule has 35 heavy (non-hydrogen) atoms. The Labute approximate surface area is 206 Å². The van der Waals surface area contributed by atoms with Gasteiger partial charge >= 0.3 is 0 Å². The van der Waals surface area contributed by atoms with Gasteiger partial charge in [0.25, 0.3) is 0 Å². The predicted molar refractivity (Wildman–Crippen MR) is 133 cm³/mol. The highest BCUT2D eigenvalue weighted by molar-refractivity contribution is 7.89. The predicted octanol–water partition coefficient (Wildman–Crippen LogP) is 4.46. The van der Waals surface area contributed by atoms with Gasteiger partial charge in [-0.15, -0.1) is 0 Å². The minimum atomic E-state index is -3.97. The molecule has 0 aliphatic carbocycles. The maximum atomic E-state index is 14.2. The zero-order valence-corrected chi connectivity index (χ0v) is 20.4. The van der Waals surface area contributed by atoms with Crippen molar-refractivity contribution in [1.82, 2.24) is 14.3 Å². The number of halogens is 1. The van der Waals surface area contributed by atoms with Crippen LogP contribution in [0, 0.1) is 11.7 Å². The number of hydrogen-bond acceptors (Lipinski definition) is 6. The van der Waals surface area contributed by atoms with Crippen molar-refractivity contribution in [3.05, 3.63) is 84.4 Å². The van der Waals surface area contributed by atoms with Crippen molar-refractivity contribution >= 4 is 42.6 Å². The van der Waals surface area contributed by atoms with E-state index < -0.39 is 15.8 Å². The summed E-state index contributed by atoms with van der Waals surface area (Å²) in [7, 11) is -3.97. The number of anilines is 1. The molecule has 0 radical (unpaired) electrons. The van der Waals surface area contributed by atoms with Crippen LogP contribution in [0.25, 0.3) is 10.2 Å². The van der Waals surface area contributed by atoms with Gasteiger partial charge in [0.15, 0.2) is 5.13 Å². The molecule has 7 nitrogen and oxygen atoms in total. The van der Waals surface area contributed by atoms with E-state index in [9.17, 15) is 17.6 Å². The van der Waals surface area contributed by atoms with Crippen LogP contribution in [0.3, 0.4) is 0 Å². The van der Waals surface area contributed by atoms with Crippen molar-refractivity contribution in [3.8, 4) is 0 Å². The lowest BCUT2D eigenvalue weighted by atomic mass is 9.96. The van der Waals surface area contributed by atoms with Crippen molar-refractivity contribution in [2.24, 2.45) is 5.92 Å². The van der Waals surface area contributed by atoms with Gasteiger partial charge in [-0.25, -0.2) is 17.8 Å². The second kappa shape index (κ2) is 9.80. The van der Waals surface area contributed by atoms with E-state index >= 15 is 0 Å². The lowest BCUT2D eigenvalue weighted by Gasteiger charge is -2.33. The number of carbonyl (C=O) groups excluding carboxylic acids is 1. The lowest BCUT2D eigenvalue weighted by molar-refractivity contribution is -0.123. The van der Waals surface area contributed by atoms with Gasteiger partial charge in [-0.3, -0.25) is 14.7 Å². The van der Waals surface area contributed by atoms with Gasteiger partial charge in [-0.05, 0) is 48.7 Å². The van der Waals surface area contributed by atoms with Gasteiger partial charge in [-0.2, -0.15) is 4.31 Å². The van der Waals surface area contributed by atoms with Crippen LogP contribution in [0.1, 0.15) is 18.4 Å². The molecule has 1 fully saturated rings. The van der Waals surface area contributed by atoms with E-state index in [-0.39, 0.29) is 29.8 Å². The number of fused-ring (bicyclic) bond motifs is 1. The highest BCUT2D eigenvalue weighted by Crippen LogP contribution is 2.33. The van der Waals surface area contributed by atoms with Crippen LogP contribution in [-0.4, -0.2) is 41.7 Å². The van der Waals surface area contributed by atoms with E-state index in [4.69, 9.17) is 0 Å². The number of piperidine rings is 1. The first-order valence-electron chi connectivity index (χ1n) is 11.2. The van der Waals surface area contributed by atoms with Crippen LogP contribution in [0.5, 0.6) is 0 Å². The summed E-state index contributed by atoms with van der Waals surface area (Å²) < 4.78 is 42.3. The van der Waals surface area contributed by atoms with Crippen molar-refractivity contribution < 1.29 is 17.6 Å². The summed E-state index contributed by atoms with van der Waals surface area (Å²) in [6, 6.07) is 16.8. The van der Waals surface area contributed by atoms with Crippen LogP contribution in [0.15, 0.2) is 78.0 Å². The number of para-hydroxylation sites is 1. The van der Waals surface area contributed by atoms with Crippen molar-refractivity contribution in [2.45, 2.75) is 24.3 Å². The fourth-order valence-corrected chi connectivity index (χ4v) is 6.75. The molecule has 2 aromatic heterocycles. The van der Waals surface area contributed by atoms with E-state index in [2.05, 4.69) is 9.97 Å². The van der Waals surface area contributed by atoms with Crippen LogP contribution < -0.4 is 4.90 Å². The highest BCUT2D eigenvalue weighted by Gasteiger charge is 2.36. The molecule has 3 heterocycles. The topological polar surface area (TPSA) is 83.5 Å². The van der Waals surface area contributed by atoms with Gasteiger partial charge in [0, 0.05) is 31.4 Å². The Bertz CT molecular complexity index is 1420. The molecule has 5 rings (SSSR count). The normalized spacial score (nSPS) is 15.3. The van der Waals surface area contributed by atoms with E-state index in [1.54, 1.807) is 17.3 Å². The number of sulfonamides is 1. The number of pyridine rings is 1. The summed E-state index contributed by atoms with van der Waals surface area (Å²) >= 11 is 1.45. The van der Waals surface area contributed by atoms with Crippen LogP contribution >= 0.6 is 11.3 Å². The first kappa shape index (κ1) is 23.5. The van der Waals surface area contributed by atoms with E-state index in [1.165, 1.54) is 33.8 Å². The summed E-state index contributed by atoms with van der Waals surface area (Å²) in [5.41, 5.74) is 1.70. The average molecular weight is 511 g/mol. The molecule has 0 unspecified atom stereocenters. The molecule has 10 heteroatoms. The van der Waals surface area contributed by atoms with Gasteiger partial charge in [0.1, 0.15) is 10.7 Å². The molecule has 1 saturated heterocycles.